The fourth-order valence-corrected chi connectivity index (χ4v) is 4.89. The van der Waals surface area contributed by atoms with Crippen molar-refractivity contribution in [2.24, 2.45) is 0 Å². The summed E-state index contributed by atoms with van der Waals surface area (Å²) in [6.45, 7) is 4.17. The second-order valence-corrected chi connectivity index (χ2v) is 8.29. The van der Waals surface area contributed by atoms with Gasteiger partial charge in [-0.25, -0.2) is 4.79 Å². The second kappa shape index (κ2) is 7.87. The predicted molar refractivity (Wildman–Crippen MR) is 103 cm³/mol. The third-order valence-corrected chi connectivity index (χ3v) is 6.62. The number of rotatable bonds is 4. The lowest BCUT2D eigenvalue weighted by Gasteiger charge is -2.43. The van der Waals surface area contributed by atoms with Crippen LogP contribution in [0, 0.1) is 0 Å². The molecule has 0 aliphatic carbocycles. The van der Waals surface area contributed by atoms with Crippen LogP contribution in [0.1, 0.15) is 32.6 Å². The number of amides is 3. The molecule has 1 aromatic carbocycles. The number of unbranched alkanes of at least 4 members (excludes halogenated alkanes) is 1. The number of nitrogens with one attached hydrogen (secondary N) is 1. The SMILES string of the molecule is CCCCNC(=O)N1CCC2(CC1)SCC(=O)N2c1ccc(Cl)cc1. The maximum Gasteiger partial charge on any atom is 0.317 e. The van der Waals surface area contributed by atoms with Gasteiger partial charge in [-0.15, -0.1) is 11.8 Å². The highest BCUT2D eigenvalue weighted by Crippen LogP contribution is 2.46. The van der Waals surface area contributed by atoms with Gasteiger partial charge in [-0.1, -0.05) is 24.9 Å². The molecule has 1 aromatic rings. The van der Waals surface area contributed by atoms with Crippen LogP contribution >= 0.6 is 23.4 Å². The van der Waals surface area contributed by atoms with Gasteiger partial charge < -0.3 is 10.2 Å². The van der Waals surface area contributed by atoms with E-state index in [9.17, 15) is 9.59 Å². The molecule has 2 heterocycles. The molecule has 0 atom stereocenters. The first-order valence-corrected chi connectivity index (χ1v) is 10.2. The first kappa shape index (κ1) is 18.4. The summed E-state index contributed by atoms with van der Waals surface area (Å²) in [4.78, 5) is 28.3. The van der Waals surface area contributed by atoms with Crippen LogP contribution in [0.2, 0.25) is 5.02 Å². The summed E-state index contributed by atoms with van der Waals surface area (Å²) in [6, 6.07) is 7.44. The van der Waals surface area contributed by atoms with Crippen LogP contribution in [0.15, 0.2) is 24.3 Å². The number of halogens is 1. The number of urea groups is 1. The maximum absolute atomic E-state index is 12.5. The molecule has 0 unspecified atom stereocenters. The van der Waals surface area contributed by atoms with Gasteiger partial charge in [-0.05, 0) is 43.5 Å². The van der Waals surface area contributed by atoms with Crippen LogP contribution in [0.4, 0.5) is 10.5 Å². The Bertz CT molecular complexity index is 630. The first-order chi connectivity index (χ1) is 12.1. The molecule has 0 aromatic heterocycles. The Balaban J connectivity index is 1.67. The molecule has 0 radical (unpaired) electrons. The lowest BCUT2D eigenvalue weighted by atomic mass is 10.0. The molecule has 3 amide bonds. The average Bonchev–Trinajstić information content (AvgIpc) is 2.93. The fraction of sp³-hybridized carbons (Fsp3) is 0.556. The quantitative estimate of drug-likeness (QED) is 0.808. The van der Waals surface area contributed by atoms with E-state index in [-0.39, 0.29) is 16.8 Å². The molecule has 2 fully saturated rings. The molecular weight excluding hydrogens is 358 g/mol. The smallest absolute Gasteiger partial charge is 0.317 e. The highest BCUT2D eigenvalue weighted by atomic mass is 35.5. The predicted octanol–water partition coefficient (Wildman–Crippen LogP) is 3.72. The molecule has 3 rings (SSSR count). The third-order valence-electron chi connectivity index (χ3n) is 4.84. The summed E-state index contributed by atoms with van der Waals surface area (Å²) < 4.78 is 0. The van der Waals surface area contributed by atoms with Crippen LogP contribution < -0.4 is 10.2 Å². The highest BCUT2D eigenvalue weighted by Gasteiger charge is 2.49. The van der Waals surface area contributed by atoms with E-state index in [1.54, 1.807) is 11.8 Å². The van der Waals surface area contributed by atoms with E-state index < -0.39 is 0 Å². The average molecular weight is 382 g/mol. The maximum atomic E-state index is 12.5. The standard InChI is InChI=1S/C18H24ClN3O2S/c1-2-3-10-20-17(24)21-11-8-18(9-12-21)22(16(23)13-25-18)15-6-4-14(19)5-7-15/h4-7H,2-3,8-13H2,1H3,(H,20,24). The molecule has 0 saturated carbocycles. The molecule has 2 aliphatic heterocycles. The molecule has 2 saturated heterocycles. The van der Waals surface area contributed by atoms with Crippen molar-refractivity contribution in [2.45, 2.75) is 37.5 Å². The Morgan fingerprint density at radius 1 is 1.28 bits per heavy atom. The number of anilines is 1. The van der Waals surface area contributed by atoms with Gasteiger partial charge >= 0.3 is 6.03 Å². The lowest BCUT2D eigenvalue weighted by molar-refractivity contribution is -0.116. The van der Waals surface area contributed by atoms with E-state index in [1.165, 1.54) is 0 Å². The zero-order valence-electron chi connectivity index (χ0n) is 14.5. The lowest BCUT2D eigenvalue weighted by Crippen LogP contribution is -2.54. The summed E-state index contributed by atoms with van der Waals surface area (Å²) in [5, 5.41) is 3.64. The number of carbonyl (C=O) groups is 2. The van der Waals surface area contributed by atoms with Crippen LogP contribution in [-0.2, 0) is 4.79 Å². The minimum absolute atomic E-state index is 0.00988. The first-order valence-electron chi connectivity index (χ1n) is 8.81. The second-order valence-electron chi connectivity index (χ2n) is 6.51. The van der Waals surface area contributed by atoms with E-state index in [1.807, 2.05) is 34.1 Å². The molecule has 136 valence electrons. The molecule has 1 spiro atoms. The Kier molecular flexibility index (Phi) is 5.79. The summed E-state index contributed by atoms with van der Waals surface area (Å²) in [7, 11) is 0. The van der Waals surface area contributed by atoms with Crippen molar-refractivity contribution in [3.63, 3.8) is 0 Å². The van der Waals surface area contributed by atoms with Gasteiger partial charge in [-0.3, -0.25) is 9.69 Å². The van der Waals surface area contributed by atoms with Gasteiger partial charge in [0.25, 0.3) is 0 Å². The minimum atomic E-state index is -0.245. The topological polar surface area (TPSA) is 52.7 Å². The van der Waals surface area contributed by atoms with Crippen molar-refractivity contribution in [3.05, 3.63) is 29.3 Å². The molecular formula is C18H24ClN3O2S. The van der Waals surface area contributed by atoms with E-state index in [0.29, 0.717) is 23.9 Å². The van der Waals surface area contributed by atoms with Gasteiger partial charge in [0.15, 0.2) is 0 Å². The van der Waals surface area contributed by atoms with Crippen LogP contribution in [0.5, 0.6) is 0 Å². The Labute approximate surface area is 158 Å². The molecule has 0 bridgehead atoms. The van der Waals surface area contributed by atoms with E-state index in [2.05, 4.69) is 12.2 Å². The van der Waals surface area contributed by atoms with E-state index in [0.717, 1.165) is 37.9 Å². The highest BCUT2D eigenvalue weighted by molar-refractivity contribution is 8.02. The summed E-state index contributed by atoms with van der Waals surface area (Å²) >= 11 is 7.68. The zero-order chi connectivity index (χ0) is 17.9. The van der Waals surface area contributed by atoms with Gasteiger partial charge in [0.1, 0.15) is 0 Å². The Hall–Kier alpha value is -1.40. The van der Waals surface area contributed by atoms with Gasteiger partial charge in [0, 0.05) is 30.3 Å². The molecule has 7 heteroatoms. The number of piperidine rings is 1. The van der Waals surface area contributed by atoms with Gasteiger partial charge in [-0.2, -0.15) is 0 Å². The van der Waals surface area contributed by atoms with Crippen LogP contribution in [0.3, 0.4) is 0 Å². The number of likely N-dealkylation sites (tertiary alicyclic amines) is 1. The van der Waals surface area contributed by atoms with Crippen molar-refractivity contribution in [1.29, 1.82) is 0 Å². The number of carbonyl (C=O) groups excluding carboxylic acids is 2. The van der Waals surface area contributed by atoms with E-state index >= 15 is 0 Å². The molecule has 5 nitrogen and oxygen atoms in total. The van der Waals surface area contributed by atoms with Crippen molar-refractivity contribution in [1.82, 2.24) is 10.2 Å². The molecule has 25 heavy (non-hydrogen) atoms. The normalized spacial score (nSPS) is 19.5. The fourth-order valence-electron chi connectivity index (χ4n) is 3.43. The van der Waals surface area contributed by atoms with E-state index in [4.69, 9.17) is 11.6 Å². The van der Waals surface area contributed by atoms with Gasteiger partial charge in [0.2, 0.25) is 5.91 Å². The largest absolute Gasteiger partial charge is 0.338 e. The molecule has 1 N–H and O–H groups in total. The monoisotopic (exact) mass is 381 g/mol. The zero-order valence-corrected chi connectivity index (χ0v) is 16.0. The minimum Gasteiger partial charge on any atom is -0.338 e. The number of benzene rings is 1. The van der Waals surface area contributed by atoms with Crippen LogP contribution in [0.25, 0.3) is 0 Å². The van der Waals surface area contributed by atoms with Crippen molar-refractivity contribution in [3.8, 4) is 0 Å². The van der Waals surface area contributed by atoms with Crippen molar-refractivity contribution >= 4 is 41.0 Å². The third kappa shape index (κ3) is 3.90. The Morgan fingerprint density at radius 3 is 2.60 bits per heavy atom. The summed E-state index contributed by atoms with van der Waals surface area (Å²) in [5.41, 5.74) is 0.889. The van der Waals surface area contributed by atoms with Gasteiger partial charge in [0.05, 0.1) is 10.6 Å². The van der Waals surface area contributed by atoms with Crippen LogP contribution in [-0.4, -0.2) is 47.1 Å². The number of thioether (sulfide) groups is 1. The number of hydrogen-bond donors (Lipinski definition) is 1. The van der Waals surface area contributed by atoms with Crippen molar-refractivity contribution in [2.75, 3.05) is 30.3 Å². The number of nitrogens with zero attached hydrogens (tertiary/aromatic N) is 2. The number of hydrogen-bond acceptors (Lipinski definition) is 3. The molecule has 2 aliphatic rings. The Morgan fingerprint density at radius 2 is 1.96 bits per heavy atom. The summed E-state index contributed by atoms with van der Waals surface area (Å²) in [6.07, 6.45) is 3.64. The summed E-state index contributed by atoms with van der Waals surface area (Å²) in [5.74, 6) is 0.624. The van der Waals surface area contributed by atoms with Crippen molar-refractivity contribution < 1.29 is 9.59 Å².